The van der Waals surface area contributed by atoms with E-state index in [2.05, 4.69) is 130 Å². The van der Waals surface area contributed by atoms with Crippen molar-refractivity contribution in [3.63, 3.8) is 0 Å². The van der Waals surface area contributed by atoms with Gasteiger partial charge in [0, 0.05) is 24.2 Å². The fourth-order valence-corrected chi connectivity index (χ4v) is 9.43. The smallest absolute Gasteiger partial charge is 0.315 e. The number of hydrogen-bond donors (Lipinski definition) is 4. The number of urea groups is 2. The molecule has 0 aliphatic heterocycles. The van der Waals surface area contributed by atoms with E-state index in [1.54, 1.807) is 0 Å². The van der Waals surface area contributed by atoms with Gasteiger partial charge in [0.2, 0.25) is 0 Å². The molecule has 4 unspecified atom stereocenters. The molecule has 4 amide bonds. The molecule has 4 atom stereocenters. The fraction of sp³-hybridized carbons (Fsp3) is 0.250. The van der Waals surface area contributed by atoms with Crippen LogP contribution in [0.5, 0.6) is 0 Å². The van der Waals surface area contributed by atoms with Crippen molar-refractivity contribution in [1.29, 1.82) is 0 Å². The predicted molar refractivity (Wildman–Crippen MR) is 185 cm³/mol. The summed E-state index contributed by atoms with van der Waals surface area (Å²) < 4.78 is 0. The summed E-state index contributed by atoms with van der Waals surface area (Å²) in [4.78, 5) is 26.9. The summed E-state index contributed by atoms with van der Waals surface area (Å²) >= 11 is 0. The average Bonchev–Trinajstić information content (AvgIpc) is 3.76. The van der Waals surface area contributed by atoms with E-state index in [4.69, 9.17) is 0 Å². The molecule has 4 N–H and O–H groups in total. The highest BCUT2D eigenvalue weighted by atomic mass is 16.2. The lowest BCUT2D eigenvalue weighted by molar-refractivity contribution is 0.215. The Bertz CT molecular complexity index is 1950. The van der Waals surface area contributed by atoms with Crippen LogP contribution in [0, 0.1) is 11.8 Å². The molecule has 0 spiro atoms. The number of nitrogens with one attached hydrogen (secondary N) is 4. The molecule has 4 fully saturated rings. The molecule has 228 valence electrons. The highest BCUT2D eigenvalue weighted by Crippen LogP contribution is 2.67. The molecule has 6 nitrogen and oxygen atoms in total. The van der Waals surface area contributed by atoms with Crippen LogP contribution in [0.2, 0.25) is 0 Å². The van der Waals surface area contributed by atoms with Crippen LogP contribution in [0.4, 0.5) is 9.59 Å². The van der Waals surface area contributed by atoms with Crippen LogP contribution in [-0.4, -0.2) is 23.1 Å². The molecule has 6 aromatic rings. The SMILES string of the molecule is O=C(NCc1c2ccccc2cc2ccccc12)NC12CC3CC1CC3(NC(=O)NCc1c3ccccc3cc3ccccc13)C2. The summed E-state index contributed by atoms with van der Waals surface area (Å²) in [7, 11) is 0. The van der Waals surface area contributed by atoms with E-state index in [-0.39, 0.29) is 23.1 Å². The second kappa shape index (κ2) is 10.2. The van der Waals surface area contributed by atoms with Crippen molar-refractivity contribution < 1.29 is 9.59 Å². The number of amides is 4. The molecule has 46 heavy (non-hydrogen) atoms. The quantitative estimate of drug-likeness (QED) is 0.146. The summed E-state index contributed by atoms with van der Waals surface area (Å²) in [6, 6.07) is 37.6. The molecule has 10 rings (SSSR count). The first-order valence-electron chi connectivity index (χ1n) is 16.4. The van der Waals surface area contributed by atoms with Crippen LogP contribution in [-0.2, 0) is 13.1 Å². The lowest BCUT2D eigenvalue weighted by Gasteiger charge is -2.31. The zero-order valence-corrected chi connectivity index (χ0v) is 25.6. The van der Waals surface area contributed by atoms with Crippen LogP contribution in [0.3, 0.4) is 0 Å². The molecular weight excluding hydrogens is 568 g/mol. The maximum absolute atomic E-state index is 13.5. The minimum Gasteiger partial charge on any atom is -0.334 e. The predicted octanol–water partition coefficient (Wildman–Crippen LogP) is 7.91. The van der Waals surface area contributed by atoms with Gasteiger partial charge in [-0.25, -0.2) is 9.59 Å². The number of carbonyl (C=O) groups is 2. The van der Waals surface area contributed by atoms with Crippen LogP contribution in [0.1, 0.15) is 36.8 Å². The standard InChI is InChI=1S/C40H36N4O2/c45-37(41-22-35-31-13-5-1-9-25(31)17-26-10-2-6-14-32(26)35)43-39-20-30-19-29(39)21-40(30,24-39)44-38(46)42-23-36-33-15-7-3-11-27(33)18-28-12-4-8-16-34(28)36/h1-18,29-30H,19-24H2,(H2,41,43,45)(H2,42,44,46). The average molecular weight is 605 g/mol. The van der Waals surface area contributed by atoms with Crippen molar-refractivity contribution in [2.75, 3.05) is 0 Å². The molecule has 6 aromatic carbocycles. The van der Waals surface area contributed by atoms with Gasteiger partial charge >= 0.3 is 12.1 Å². The molecule has 0 aromatic heterocycles. The van der Waals surface area contributed by atoms with E-state index < -0.39 is 0 Å². The molecule has 0 heterocycles. The fourth-order valence-electron chi connectivity index (χ4n) is 9.43. The second-order valence-corrected chi connectivity index (χ2v) is 13.7. The number of hydrogen-bond acceptors (Lipinski definition) is 2. The Morgan fingerprint density at radius 3 is 1.24 bits per heavy atom. The largest absolute Gasteiger partial charge is 0.334 e. The minimum absolute atomic E-state index is 0.132. The Morgan fingerprint density at radius 2 is 0.891 bits per heavy atom. The Morgan fingerprint density at radius 1 is 0.543 bits per heavy atom. The highest BCUT2D eigenvalue weighted by Gasteiger charge is 2.71. The van der Waals surface area contributed by atoms with Gasteiger partial charge in [-0.1, -0.05) is 97.1 Å². The Balaban J connectivity index is 0.888. The van der Waals surface area contributed by atoms with Gasteiger partial charge in [-0.15, -0.1) is 0 Å². The van der Waals surface area contributed by atoms with Crippen molar-refractivity contribution in [1.82, 2.24) is 21.3 Å². The number of benzene rings is 6. The van der Waals surface area contributed by atoms with Crippen molar-refractivity contribution in [3.8, 4) is 0 Å². The Labute approximate surface area is 267 Å². The molecule has 0 radical (unpaired) electrons. The van der Waals surface area contributed by atoms with Gasteiger partial charge in [0.05, 0.1) is 0 Å². The van der Waals surface area contributed by atoms with Crippen molar-refractivity contribution in [2.24, 2.45) is 11.8 Å². The van der Waals surface area contributed by atoms with Gasteiger partial charge in [-0.2, -0.15) is 0 Å². The van der Waals surface area contributed by atoms with Crippen molar-refractivity contribution in [2.45, 2.75) is 49.9 Å². The Hall–Kier alpha value is -5.10. The van der Waals surface area contributed by atoms with Gasteiger partial charge in [-0.3, -0.25) is 0 Å². The van der Waals surface area contributed by atoms with Gasteiger partial charge in [-0.05, 0) is 104 Å². The van der Waals surface area contributed by atoms with E-state index in [0.29, 0.717) is 24.9 Å². The molecule has 4 aliphatic carbocycles. The summed E-state index contributed by atoms with van der Waals surface area (Å²) in [6.07, 6.45) is 3.65. The first-order chi connectivity index (χ1) is 22.5. The lowest BCUT2D eigenvalue weighted by atomic mass is 9.90. The highest BCUT2D eigenvalue weighted by molar-refractivity contribution is 6.03. The van der Waals surface area contributed by atoms with Crippen LogP contribution < -0.4 is 21.3 Å². The van der Waals surface area contributed by atoms with Crippen molar-refractivity contribution >= 4 is 55.2 Å². The molecular formula is C40H36N4O2. The third-order valence-electron chi connectivity index (χ3n) is 11.3. The molecule has 4 bridgehead atoms. The Kier molecular flexibility index (Phi) is 6.04. The zero-order chi connectivity index (χ0) is 30.9. The summed E-state index contributed by atoms with van der Waals surface area (Å²) in [5, 5.41) is 22.6. The number of carbonyl (C=O) groups excluding carboxylic acids is 2. The van der Waals surface area contributed by atoms with Gasteiger partial charge in [0.25, 0.3) is 0 Å². The normalized spacial score (nSPS) is 24.3. The number of rotatable bonds is 6. The van der Waals surface area contributed by atoms with Gasteiger partial charge in [0.15, 0.2) is 0 Å². The molecule has 4 aliphatic rings. The summed E-state index contributed by atoms with van der Waals surface area (Å²) in [5.41, 5.74) is 1.73. The van der Waals surface area contributed by atoms with Crippen LogP contribution in [0.15, 0.2) is 109 Å². The van der Waals surface area contributed by atoms with Crippen molar-refractivity contribution in [3.05, 3.63) is 120 Å². The van der Waals surface area contributed by atoms with E-state index in [1.807, 2.05) is 0 Å². The monoisotopic (exact) mass is 604 g/mol. The van der Waals surface area contributed by atoms with Gasteiger partial charge < -0.3 is 21.3 Å². The van der Waals surface area contributed by atoms with Crippen LogP contribution >= 0.6 is 0 Å². The first kappa shape index (κ1) is 27.2. The summed E-state index contributed by atoms with van der Waals surface area (Å²) in [5.74, 6) is 0.757. The molecule has 6 heteroatoms. The topological polar surface area (TPSA) is 82.3 Å². The molecule has 4 saturated carbocycles. The maximum Gasteiger partial charge on any atom is 0.315 e. The minimum atomic E-state index is -0.269. The van der Waals surface area contributed by atoms with E-state index in [9.17, 15) is 9.59 Å². The number of fused-ring (bicyclic) bond motifs is 4. The van der Waals surface area contributed by atoms with E-state index in [0.717, 1.165) is 58.4 Å². The zero-order valence-electron chi connectivity index (χ0n) is 25.6. The second-order valence-electron chi connectivity index (χ2n) is 13.7. The summed E-state index contributed by atoms with van der Waals surface area (Å²) in [6.45, 7) is 0.902. The third kappa shape index (κ3) is 4.23. The third-order valence-corrected chi connectivity index (χ3v) is 11.3. The first-order valence-corrected chi connectivity index (χ1v) is 16.4. The lowest BCUT2D eigenvalue weighted by Crippen LogP contribution is -2.53. The molecule has 0 saturated heterocycles. The van der Waals surface area contributed by atoms with Crippen LogP contribution in [0.25, 0.3) is 43.1 Å². The maximum atomic E-state index is 13.5. The van der Waals surface area contributed by atoms with Gasteiger partial charge in [0.1, 0.15) is 0 Å². The van der Waals surface area contributed by atoms with E-state index >= 15 is 0 Å². The van der Waals surface area contributed by atoms with E-state index in [1.165, 1.54) is 21.5 Å².